The molecule has 5 heteroatoms. The van der Waals surface area contributed by atoms with Gasteiger partial charge < -0.3 is 10.0 Å². The van der Waals surface area contributed by atoms with E-state index < -0.39 is 5.97 Å². The van der Waals surface area contributed by atoms with Crippen LogP contribution in [0.4, 0.5) is 0 Å². The van der Waals surface area contributed by atoms with Crippen molar-refractivity contribution in [3.8, 4) is 6.07 Å². The molecule has 0 atom stereocenters. The first-order chi connectivity index (χ1) is 9.04. The number of carboxylic acids is 1. The number of nitriles is 1. The van der Waals surface area contributed by atoms with Gasteiger partial charge in [0.1, 0.15) is 0 Å². The van der Waals surface area contributed by atoms with Crippen LogP contribution in [0.25, 0.3) is 6.08 Å². The van der Waals surface area contributed by atoms with E-state index in [-0.39, 0.29) is 12.3 Å². The summed E-state index contributed by atoms with van der Waals surface area (Å²) >= 11 is 0. The van der Waals surface area contributed by atoms with Gasteiger partial charge in [-0.1, -0.05) is 12.1 Å². The minimum atomic E-state index is -1.04. The molecule has 0 aliphatic carbocycles. The van der Waals surface area contributed by atoms with Gasteiger partial charge in [-0.05, 0) is 23.8 Å². The van der Waals surface area contributed by atoms with E-state index in [9.17, 15) is 9.59 Å². The molecule has 0 aliphatic heterocycles. The second kappa shape index (κ2) is 6.97. The Balaban J connectivity index is 2.84. The fourth-order valence-electron chi connectivity index (χ4n) is 1.48. The molecule has 1 aromatic carbocycles. The van der Waals surface area contributed by atoms with Gasteiger partial charge in [0.25, 0.3) is 5.91 Å². The predicted octanol–water partition coefficient (Wildman–Crippen LogP) is 1.77. The molecule has 0 spiro atoms. The second-order valence-electron chi connectivity index (χ2n) is 3.93. The summed E-state index contributed by atoms with van der Waals surface area (Å²) in [7, 11) is 1.62. The average molecular weight is 258 g/mol. The van der Waals surface area contributed by atoms with Gasteiger partial charge in [-0.25, -0.2) is 4.79 Å². The lowest BCUT2D eigenvalue weighted by Crippen LogP contribution is -2.27. The number of nitrogens with zero attached hydrogens (tertiary/aromatic N) is 2. The highest BCUT2D eigenvalue weighted by Gasteiger charge is 2.11. The van der Waals surface area contributed by atoms with E-state index in [0.29, 0.717) is 17.7 Å². The first kappa shape index (κ1) is 14.5. The van der Waals surface area contributed by atoms with Gasteiger partial charge in [0.05, 0.1) is 12.5 Å². The van der Waals surface area contributed by atoms with Gasteiger partial charge in [-0.3, -0.25) is 4.79 Å². The summed E-state index contributed by atoms with van der Waals surface area (Å²) < 4.78 is 0. The molecule has 1 rings (SSSR count). The van der Waals surface area contributed by atoms with Crippen LogP contribution in [0.15, 0.2) is 30.3 Å². The molecule has 0 heterocycles. The van der Waals surface area contributed by atoms with Crippen molar-refractivity contribution in [1.82, 2.24) is 4.90 Å². The molecule has 1 N–H and O–H groups in total. The molecule has 0 aromatic heterocycles. The summed E-state index contributed by atoms with van der Waals surface area (Å²) in [5.41, 5.74) is 1.11. The monoisotopic (exact) mass is 258 g/mol. The fourth-order valence-corrected chi connectivity index (χ4v) is 1.48. The Morgan fingerprint density at radius 3 is 2.84 bits per heavy atom. The molecule has 0 fully saturated rings. The Bertz CT molecular complexity index is 544. The highest BCUT2D eigenvalue weighted by molar-refractivity contribution is 5.95. The molecular weight excluding hydrogens is 244 g/mol. The lowest BCUT2D eigenvalue weighted by molar-refractivity contribution is -0.131. The van der Waals surface area contributed by atoms with E-state index in [2.05, 4.69) is 0 Å². The van der Waals surface area contributed by atoms with E-state index >= 15 is 0 Å². The van der Waals surface area contributed by atoms with E-state index in [1.165, 1.54) is 11.0 Å². The highest BCUT2D eigenvalue weighted by Crippen LogP contribution is 2.09. The maximum absolute atomic E-state index is 12.0. The van der Waals surface area contributed by atoms with Crippen molar-refractivity contribution in [2.24, 2.45) is 0 Å². The molecule has 19 heavy (non-hydrogen) atoms. The van der Waals surface area contributed by atoms with Gasteiger partial charge in [0.2, 0.25) is 0 Å². The summed E-state index contributed by atoms with van der Waals surface area (Å²) in [6.45, 7) is 0.366. The lowest BCUT2D eigenvalue weighted by Gasteiger charge is -2.15. The third-order valence-corrected chi connectivity index (χ3v) is 2.46. The zero-order valence-electron chi connectivity index (χ0n) is 10.5. The van der Waals surface area contributed by atoms with Crippen molar-refractivity contribution in [3.05, 3.63) is 41.5 Å². The highest BCUT2D eigenvalue weighted by atomic mass is 16.4. The van der Waals surface area contributed by atoms with E-state index in [1.54, 1.807) is 31.3 Å². The van der Waals surface area contributed by atoms with Crippen LogP contribution in [0.1, 0.15) is 22.3 Å². The maximum atomic E-state index is 12.0. The topological polar surface area (TPSA) is 81.4 Å². The lowest BCUT2D eigenvalue weighted by atomic mass is 10.1. The van der Waals surface area contributed by atoms with Gasteiger partial charge in [0.15, 0.2) is 0 Å². The van der Waals surface area contributed by atoms with Crippen molar-refractivity contribution in [2.75, 3.05) is 13.6 Å². The number of carbonyl (C=O) groups is 2. The number of amides is 1. The van der Waals surface area contributed by atoms with Gasteiger partial charge in [-0.15, -0.1) is 0 Å². The zero-order valence-corrected chi connectivity index (χ0v) is 10.5. The SMILES string of the molecule is CN(CCC#N)C(=O)c1cccc(C=CC(=O)O)c1. The quantitative estimate of drug-likeness (QED) is 0.816. The van der Waals surface area contributed by atoms with Crippen LogP contribution in [-0.4, -0.2) is 35.5 Å². The molecule has 0 saturated heterocycles. The summed E-state index contributed by atoms with van der Waals surface area (Å²) in [5, 5.41) is 17.0. The Hall–Kier alpha value is -2.61. The van der Waals surface area contributed by atoms with Crippen molar-refractivity contribution >= 4 is 18.0 Å². The number of rotatable bonds is 5. The molecule has 5 nitrogen and oxygen atoms in total. The first-order valence-electron chi connectivity index (χ1n) is 5.68. The smallest absolute Gasteiger partial charge is 0.328 e. The van der Waals surface area contributed by atoms with Crippen molar-refractivity contribution in [2.45, 2.75) is 6.42 Å². The summed E-state index contributed by atoms with van der Waals surface area (Å²) in [6.07, 6.45) is 2.72. The molecule has 0 unspecified atom stereocenters. The Morgan fingerprint density at radius 2 is 2.21 bits per heavy atom. The third-order valence-electron chi connectivity index (χ3n) is 2.46. The molecule has 0 saturated carbocycles. The average Bonchev–Trinajstić information content (AvgIpc) is 2.42. The molecule has 0 aliphatic rings. The number of aliphatic carboxylic acids is 1. The minimum Gasteiger partial charge on any atom is -0.478 e. The third kappa shape index (κ3) is 4.64. The Kier molecular flexibility index (Phi) is 5.30. The Labute approximate surface area is 111 Å². The normalized spacial score (nSPS) is 10.1. The van der Waals surface area contributed by atoms with Crippen molar-refractivity contribution in [3.63, 3.8) is 0 Å². The maximum Gasteiger partial charge on any atom is 0.328 e. The summed E-state index contributed by atoms with van der Waals surface area (Å²) in [5.74, 6) is -1.23. The number of benzene rings is 1. The standard InChI is InChI=1S/C14H14N2O3/c1-16(9-3-8-15)14(19)12-5-2-4-11(10-12)6-7-13(17)18/h2,4-7,10H,3,9H2,1H3,(H,17,18). The van der Waals surface area contributed by atoms with Crippen LogP contribution < -0.4 is 0 Å². The number of carboxylic acid groups (broad SMARTS) is 1. The van der Waals surface area contributed by atoms with E-state index in [4.69, 9.17) is 10.4 Å². The van der Waals surface area contributed by atoms with Crippen molar-refractivity contribution < 1.29 is 14.7 Å². The van der Waals surface area contributed by atoms with E-state index in [0.717, 1.165) is 6.08 Å². The van der Waals surface area contributed by atoms with Gasteiger partial charge >= 0.3 is 5.97 Å². The molecule has 0 radical (unpaired) electrons. The molecule has 1 aromatic rings. The number of hydrogen-bond acceptors (Lipinski definition) is 3. The van der Waals surface area contributed by atoms with Crippen LogP contribution in [0.3, 0.4) is 0 Å². The molecule has 98 valence electrons. The minimum absolute atomic E-state index is 0.194. The molecule has 1 amide bonds. The van der Waals surface area contributed by atoms with Gasteiger partial charge in [0, 0.05) is 25.2 Å². The van der Waals surface area contributed by atoms with Crippen molar-refractivity contribution in [1.29, 1.82) is 5.26 Å². The second-order valence-corrected chi connectivity index (χ2v) is 3.93. The van der Waals surface area contributed by atoms with E-state index in [1.807, 2.05) is 6.07 Å². The first-order valence-corrected chi connectivity index (χ1v) is 5.68. The molecular formula is C14H14N2O3. The molecule has 0 bridgehead atoms. The van der Waals surface area contributed by atoms with Crippen LogP contribution in [0.2, 0.25) is 0 Å². The number of hydrogen-bond donors (Lipinski definition) is 1. The van der Waals surface area contributed by atoms with Crippen LogP contribution in [0, 0.1) is 11.3 Å². The summed E-state index contributed by atoms with van der Waals surface area (Å²) in [4.78, 5) is 23.9. The fraction of sp³-hybridized carbons (Fsp3) is 0.214. The largest absolute Gasteiger partial charge is 0.478 e. The van der Waals surface area contributed by atoms with Crippen LogP contribution >= 0.6 is 0 Å². The van der Waals surface area contributed by atoms with Crippen LogP contribution in [-0.2, 0) is 4.79 Å². The number of carbonyl (C=O) groups excluding carboxylic acids is 1. The Morgan fingerprint density at radius 1 is 1.47 bits per heavy atom. The summed E-state index contributed by atoms with van der Waals surface area (Å²) in [6, 6.07) is 8.65. The van der Waals surface area contributed by atoms with Crippen LogP contribution in [0.5, 0.6) is 0 Å². The predicted molar refractivity (Wildman–Crippen MR) is 70.3 cm³/mol. The zero-order chi connectivity index (χ0) is 14.3. The van der Waals surface area contributed by atoms with Gasteiger partial charge in [-0.2, -0.15) is 5.26 Å².